The van der Waals surface area contributed by atoms with E-state index in [1.165, 1.54) is 19.1 Å². The van der Waals surface area contributed by atoms with Crippen LogP contribution in [0.4, 0.5) is 4.79 Å². The molecule has 1 heterocycles. The third-order valence-corrected chi connectivity index (χ3v) is 7.30. The summed E-state index contributed by atoms with van der Waals surface area (Å²) >= 11 is 3.52. The van der Waals surface area contributed by atoms with Crippen LogP contribution in [0.1, 0.15) is 58.6 Å². The maximum Gasteiger partial charge on any atom is 0.410 e. The predicted molar refractivity (Wildman–Crippen MR) is 150 cm³/mol. The fourth-order valence-corrected chi connectivity index (χ4v) is 5.71. The number of carboxylic acids is 1. The molecule has 0 saturated carbocycles. The lowest BCUT2D eigenvalue weighted by molar-refractivity contribution is -0.153. The number of hydrogen-bond donors (Lipinski definition) is 2. The molecule has 11 heteroatoms. The summed E-state index contributed by atoms with van der Waals surface area (Å²) in [7, 11) is 2.81. The topological polar surface area (TPSA) is 139 Å². The summed E-state index contributed by atoms with van der Waals surface area (Å²) in [6.07, 6.45) is 1.20. The summed E-state index contributed by atoms with van der Waals surface area (Å²) < 4.78 is 11.2. The summed E-state index contributed by atoms with van der Waals surface area (Å²) in [6.45, 7) is 9.22. The SMILES string of the molecule is COC(=O)[C@@H](N)Cc1cc(Br)cc(CC[C@@H]2[C@@H](C(=O)N(C)[C@H](C(=O)O)C(C)C)CCN2C(=O)OC(C)(C)C)c1. The van der Waals surface area contributed by atoms with Crippen molar-refractivity contribution in [2.75, 3.05) is 20.7 Å². The molecular formula is C28H42BrN3O7. The van der Waals surface area contributed by atoms with Crippen molar-refractivity contribution >= 4 is 39.9 Å². The number of likely N-dealkylation sites (tertiary alicyclic amines) is 1. The van der Waals surface area contributed by atoms with Crippen LogP contribution in [-0.4, -0.2) is 83.3 Å². The quantitative estimate of drug-likeness (QED) is 0.382. The van der Waals surface area contributed by atoms with Crippen molar-refractivity contribution in [2.24, 2.45) is 17.6 Å². The van der Waals surface area contributed by atoms with E-state index >= 15 is 0 Å². The van der Waals surface area contributed by atoms with Gasteiger partial charge in [-0.2, -0.15) is 0 Å². The minimum Gasteiger partial charge on any atom is -0.480 e. The molecule has 1 aliphatic rings. The summed E-state index contributed by atoms with van der Waals surface area (Å²) in [5, 5.41) is 9.74. The molecule has 4 atom stereocenters. The molecule has 1 aliphatic heterocycles. The van der Waals surface area contributed by atoms with Gasteiger partial charge in [0.05, 0.1) is 13.0 Å². The van der Waals surface area contributed by atoms with Crippen LogP contribution >= 0.6 is 15.9 Å². The molecule has 1 aromatic carbocycles. The van der Waals surface area contributed by atoms with Crippen LogP contribution in [0.3, 0.4) is 0 Å². The van der Waals surface area contributed by atoms with Gasteiger partial charge >= 0.3 is 18.0 Å². The molecule has 218 valence electrons. The van der Waals surface area contributed by atoms with Crippen molar-refractivity contribution in [3.8, 4) is 0 Å². The Morgan fingerprint density at radius 1 is 1.18 bits per heavy atom. The number of esters is 1. The minimum absolute atomic E-state index is 0.283. The Bertz CT molecular complexity index is 1060. The normalized spacial score (nSPS) is 19.0. The molecule has 0 spiro atoms. The van der Waals surface area contributed by atoms with E-state index in [0.29, 0.717) is 32.2 Å². The van der Waals surface area contributed by atoms with Gasteiger partial charge in [-0.05, 0) is 75.6 Å². The number of nitrogens with zero attached hydrogens (tertiary/aromatic N) is 2. The molecule has 1 aromatic rings. The number of rotatable bonds is 10. The second-order valence-corrected chi connectivity index (χ2v) is 12.4. The number of likely N-dealkylation sites (N-methyl/N-ethyl adjacent to an activating group) is 1. The van der Waals surface area contributed by atoms with Gasteiger partial charge in [-0.3, -0.25) is 9.59 Å². The molecule has 39 heavy (non-hydrogen) atoms. The average Bonchev–Trinajstić information content (AvgIpc) is 3.23. The van der Waals surface area contributed by atoms with Gasteiger partial charge in [0.2, 0.25) is 5.91 Å². The minimum atomic E-state index is -1.06. The van der Waals surface area contributed by atoms with Gasteiger partial charge in [-0.1, -0.05) is 35.8 Å². The first-order valence-electron chi connectivity index (χ1n) is 13.2. The molecule has 0 radical (unpaired) electrons. The first-order valence-corrected chi connectivity index (χ1v) is 14.0. The zero-order chi connectivity index (χ0) is 29.7. The van der Waals surface area contributed by atoms with E-state index < -0.39 is 47.7 Å². The number of benzene rings is 1. The van der Waals surface area contributed by atoms with Crippen molar-refractivity contribution < 1.29 is 33.8 Å². The molecule has 1 fully saturated rings. The maximum absolute atomic E-state index is 13.6. The number of methoxy groups -OCH3 is 1. The third-order valence-electron chi connectivity index (χ3n) is 6.85. The number of carbonyl (C=O) groups excluding carboxylic acids is 3. The van der Waals surface area contributed by atoms with Gasteiger partial charge in [-0.15, -0.1) is 0 Å². The molecule has 0 bridgehead atoms. The van der Waals surface area contributed by atoms with E-state index in [0.717, 1.165) is 15.6 Å². The van der Waals surface area contributed by atoms with E-state index in [-0.39, 0.29) is 11.8 Å². The number of hydrogen-bond acceptors (Lipinski definition) is 7. The number of carboxylic acid groups (broad SMARTS) is 1. The van der Waals surface area contributed by atoms with Gasteiger partial charge in [0.1, 0.15) is 17.7 Å². The van der Waals surface area contributed by atoms with Crippen molar-refractivity contribution in [3.63, 3.8) is 0 Å². The lowest BCUT2D eigenvalue weighted by atomic mass is 9.91. The largest absolute Gasteiger partial charge is 0.480 e. The van der Waals surface area contributed by atoms with E-state index in [9.17, 15) is 24.3 Å². The zero-order valence-corrected chi connectivity index (χ0v) is 25.5. The molecule has 3 N–H and O–H groups in total. The van der Waals surface area contributed by atoms with Crippen LogP contribution in [0.15, 0.2) is 22.7 Å². The second-order valence-electron chi connectivity index (χ2n) is 11.5. The standard InChI is InChI=1S/C28H42BrN3O7/c1-16(2)23(25(34)35)31(6)24(33)20-10-11-32(27(37)39-28(3,4)5)22(20)9-8-17-12-18(14-19(29)13-17)15-21(30)26(36)38-7/h12-14,16,20-23H,8-11,15,30H2,1-7H3,(H,34,35)/t20-,21-,22+,23-/m0/s1. The molecule has 2 rings (SSSR count). The van der Waals surface area contributed by atoms with Gasteiger partial charge < -0.3 is 30.1 Å². The molecule has 10 nitrogen and oxygen atoms in total. The molecule has 1 saturated heterocycles. The Labute approximate surface area is 239 Å². The summed E-state index contributed by atoms with van der Waals surface area (Å²) in [6, 6.07) is 3.53. The number of aliphatic carboxylic acids is 1. The number of carbonyl (C=O) groups is 4. The Morgan fingerprint density at radius 2 is 1.79 bits per heavy atom. The molecule has 2 amide bonds. The van der Waals surface area contributed by atoms with Crippen LogP contribution in [0.5, 0.6) is 0 Å². The Hall–Kier alpha value is -2.66. The fraction of sp³-hybridized carbons (Fsp3) is 0.643. The van der Waals surface area contributed by atoms with Crippen molar-refractivity contribution in [1.82, 2.24) is 9.80 Å². The van der Waals surface area contributed by atoms with Crippen LogP contribution in [0, 0.1) is 11.8 Å². The van der Waals surface area contributed by atoms with Crippen LogP contribution in [0.2, 0.25) is 0 Å². The summed E-state index contributed by atoms with van der Waals surface area (Å²) in [5.41, 5.74) is 7.04. The van der Waals surface area contributed by atoms with Gasteiger partial charge in [0.15, 0.2) is 0 Å². The van der Waals surface area contributed by atoms with Gasteiger partial charge in [0.25, 0.3) is 0 Å². The lowest BCUT2D eigenvalue weighted by Crippen LogP contribution is -2.50. The highest BCUT2D eigenvalue weighted by molar-refractivity contribution is 9.10. The molecule has 0 aliphatic carbocycles. The van der Waals surface area contributed by atoms with Crippen molar-refractivity contribution in [2.45, 2.75) is 84.0 Å². The van der Waals surface area contributed by atoms with E-state index in [1.807, 2.05) is 18.2 Å². The number of ether oxygens (including phenoxy) is 2. The van der Waals surface area contributed by atoms with E-state index in [2.05, 4.69) is 15.9 Å². The Morgan fingerprint density at radius 3 is 2.33 bits per heavy atom. The number of amides is 2. The summed E-state index contributed by atoms with van der Waals surface area (Å²) in [4.78, 5) is 53.3. The predicted octanol–water partition coefficient (Wildman–Crippen LogP) is 3.62. The maximum atomic E-state index is 13.6. The smallest absolute Gasteiger partial charge is 0.410 e. The van der Waals surface area contributed by atoms with Crippen LogP contribution in [-0.2, 0) is 36.7 Å². The van der Waals surface area contributed by atoms with Crippen LogP contribution < -0.4 is 5.73 Å². The highest BCUT2D eigenvalue weighted by atomic mass is 79.9. The second kappa shape index (κ2) is 13.6. The highest BCUT2D eigenvalue weighted by Gasteiger charge is 2.45. The zero-order valence-electron chi connectivity index (χ0n) is 23.9. The monoisotopic (exact) mass is 611 g/mol. The molecule has 0 unspecified atom stereocenters. The van der Waals surface area contributed by atoms with Crippen LogP contribution in [0.25, 0.3) is 0 Å². The Balaban J connectivity index is 2.32. The third kappa shape index (κ3) is 8.93. The molecular weight excluding hydrogens is 570 g/mol. The van der Waals surface area contributed by atoms with E-state index in [4.69, 9.17) is 15.2 Å². The average molecular weight is 613 g/mol. The number of halogens is 1. The number of aryl methyl sites for hydroxylation is 1. The first kappa shape index (κ1) is 32.6. The van der Waals surface area contributed by atoms with Gasteiger partial charge in [-0.25, -0.2) is 9.59 Å². The fourth-order valence-electron chi connectivity index (χ4n) is 5.13. The summed E-state index contributed by atoms with van der Waals surface area (Å²) in [5.74, 6) is -2.71. The molecule has 0 aromatic heterocycles. The lowest BCUT2D eigenvalue weighted by Gasteiger charge is -2.34. The van der Waals surface area contributed by atoms with Gasteiger partial charge in [0, 0.05) is 24.1 Å². The van der Waals surface area contributed by atoms with Crippen molar-refractivity contribution in [3.05, 3.63) is 33.8 Å². The Kier molecular flexibility index (Phi) is 11.4. The first-order chi connectivity index (χ1) is 18.0. The number of nitrogens with two attached hydrogens (primary N) is 1. The highest BCUT2D eigenvalue weighted by Crippen LogP contribution is 2.32. The van der Waals surface area contributed by atoms with Crippen molar-refractivity contribution in [1.29, 1.82) is 0 Å². The van der Waals surface area contributed by atoms with E-state index in [1.54, 1.807) is 39.5 Å².